The number of nitrogens with zero attached hydrogens (tertiary/aromatic N) is 3. The molecule has 4 rings (SSSR count). The molecule has 2 aliphatic heterocycles. The van der Waals surface area contributed by atoms with Crippen LogP contribution in [0.3, 0.4) is 0 Å². The number of sulfonamides is 1. The molecule has 2 aromatic carbocycles. The molecule has 1 fully saturated rings. The van der Waals surface area contributed by atoms with Crippen molar-refractivity contribution in [2.24, 2.45) is 0 Å². The van der Waals surface area contributed by atoms with Crippen molar-refractivity contribution in [1.29, 1.82) is 0 Å². The largest absolute Gasteiger partial charge is 0.463 e. The minimum Gasteiger partial charge on any atom is -0.463 e. The fourth-order valence-electron chi connectivity index (χ4n) is 5.23. The van der Waals surface area contributed by atoms with Crippen molar-refractivity contribution in [1.82, 2.24) is 19.4 Å². The molecule has 2 unspecified atom stereocenters. The molecule has 0 aromatic heterocycles. The van der Waals surface area contributed by atoms with Crippen molar-refractivity contribution in [3.63, 3.8) is 0 Å². The summed E-state index contributed by atoms with van der Waals surface area (Å²) >= 11 is 5.95. The smallest absolute Gasteiger partial charge is 0.338 e. The molecule has 0 saturated carbocycles. The molecule has 2 aromatic rings. The van der Waals surface area contributed by atoms with Gasteiger partial charge in [-0.1, -0.05) is 41.4 Å². The minimum atomic E-state index is -3.70. The first-order valence-corrected chi connectivity index (χ1v) is 14.9. The van der Waals surface area contributed by atoms with Gasteiger partial charge in [0.25, 0.3) is 0 Å². The number of amides is 2. The molecule has 0 radical (unpaired) electrons. The maximum atomic E-state index is 13.3. The summed E-state index contributed by atoms with van der Waals surface area (Å²) in [4.78, 5) is 30.4. The zero-order valence-electron chi connectivity index (χ0n) is 22.7. The van der Waals surface area contributed by atoms with E-state index >= 15 is 0 Å². The van der Waals surface area contributed by atoms with Gasteiger partial charge in [0.15, 0.2) is 0 Å². The predicted octanol–water partition coefficient (Wildman–Crippen LogP) is 3.95. The summed E-state index contributed by atoms with van der Waals surface area (Å²) < 4.78 is 33.6. The molecule has 2 heterocycles. The Hall–Kier alpha value is -2.92. The first kappa shape index (κ1) is 29.1. The zero-order chi connectivity index (χ0) is 28.3. The normalized spacial score (nSPS) is 21.2. The fraction of sp³-hybridized carbons (Fsp3) is 0.429. The van der Waals surface area contributed by atoms with Crippen LogP contribution in [0.15, 0.2) is 64.7 Å². The molecule has 1 saturated heterocycles. The van der Waals surface area contributed by atoms with Crippen LogP contribution in [-0.4, -0.2) is 79.9 Å². The lowest BCUT2D eigenvalue weighted by Crippen LogP contribution is -2.56. The third kappa shape index (κ3) is 6.14. The lowest BCUT2D eigenvalue weighted by Gasteiger charge is -2.42. The van der Waals surface area contributed by atoms with Crippen molar-refractivity contribution >= 4 is 33.6 Å². The number of benzene rings is 2. The second kappa shape index (κ2) is 12.1. The number of urea groups is 1. The molecule has 2 amide bonds. The van der Waals surface area contributed by atoms with Gasteiger partial charge in [0.05, 0.1) is 23.1 Å². The molecule has 0 spiro atoms. The second-order valence-electron chi connectivity index (χ2n) is 9.78. The molecule has 0 bridgehead atoms. The average molecular weight is 575 g/mol. The van der Waals surface area contributed by atoms with Crippen LogP contribution >= 0.6 is 11.6 Å². The quantitative estimate of drug-likeness (QED) is 0.479. The monoisotopic (exact) mass is 574 g/mol. The summed E-state index contributed by atoms with van der Waals surface area (Å²) in [7, 11) is -3.70. The van der Waals surface area contributed by atoms with Crippen molar-refractivity contribution in [3.8, 4) is 0 Å². The Kier molecular flexibility index (Phi) is 9.00. The van der Waals surface area contributed by atoms with Crippen molar-refractivity contribution in [2.75, 3.05) is 39.3 Å². The first-order valence-electron chi connectivity index (χ1n) is 13.1. The highest BCUT2D eigenvalue weighted by Crippen LogP contribution is 2.33. The van der Waals surface area contributed by atoms with E-state index in [-0.39, 0.29) is 30.1 Å². The van der Waals surface area contributed by atoms with Gasteiger partial charge in [-0.2, -0.15) is 4.31 Å². The van der Waals surface area contributed by atoms with E-state index in [1.54, 1.807) is 24.0 Å². The molecule has 0 aliphatic carbocycles. The number of aryl methyl sites for hydroxylation is 1. The van der Waals surface area contributed by atoms with Crippen LogP contribution in [0.5, 0.6) is 0 Å². The Morgan fingerprint density at radius 1 is 1.13 bits per heavy atom. The number of esters is 1. The Morgan fingerprint density at radius 2 is 1.85 bits per heavy atom. The van der Waals surface area contributed by atoms with Crippen molar-refractivity contribution in [2.45, 2.75) is 44.7 Å². The number of likely N-dealkylation sites (N-methyl/N-ethyl adjacent to an activating group) is 1. The third-order valence-corrected chi connectivity index (χ3v) is 9.35. The number of carbonyl (C=O) groups excluding carboxylic acids is 2. The average Bonchev–Trinajstić information content (AvgIpc) is 2.89. The summed E-state index contributed by atoms with van der Waals surface area (Å²) in [5.41, 5.74) is 2.78. The van der Waals surface area contributed by atoms with Gasteiger partial charge in [-0.3, -0.25) is 9.80 Å². The molecular formula is C28H35ClN4O5S. The summed E-state index contributed by atoms with van der Waals surface area (Å²) in [6.07, 6.45) is 0. The van der Waals surface area contributed by atoms with Gasteiger partial charge in [0.1, 0.15) is 0 Å². The van der Waals surface area contributed by atoms with Crippen molar-refractivity contribution in [3.05, 3.63) is 76.0 Å². The number of piperazine rings is 1. The third-order valence-electron chi connectivity index (χ3n) is 7.07. The summed E-state index contributed by atoms with van der Waals surface area (Å²) in [5.74, 6) is -0.477. The van der Waals surface area contributed by atoms with Crippen LogP contribution in [0.1, 0.15) is 37.9 Å². The lowest BCUT2D eigenvalue weighted by atomic mass is 9.93. The van der Waals surface area contributed by atoms with Gasteiger partial charge in [-0.25, -0.2) is 18.0 Å². The van der Waals surface area contributed by atoms with Crippen LogP contribution in [0.4, 0.5) is 4.79 Å². The van der Waals surface area contributed by atoms with E-state index in [0.29, 0.717) is 42.5 Å². The van der Waals surface area contributed by atoms with Crippen LogP contribution in [-0.2, 0) is 19.6 Å². The number of ether oxygens (including phenoxy) is 1. The fourth-order valence-corrected chi connectivity index (χ4v) is 6.97. The Morgan fingerprint density at radius 3 is 2.46 bits per heavy atom. The molecule has 1 N–H and O–H groups in total. The Bertz CT molecular complexity index is 1360. The van der Waals surface area contributed by atoms with Gasteiger partial charge in [0, 0.05) is 49.5 Å². The molecule has 11 heteroatoms. The highest BCUT2D eigenvalue weighted by molar-refractivity contribution is 7.89. The number of carbonyl (C=O) groups is 2. The van der Waals surface area contributed by atoms with Crippen LogP contribution < -0.4 is 5.32 Å². The van der Waals surface area contributed by atoms with E-state index in [1.165, 1.54) is 16.4 Å². The Balaban J connectivity index is 1.65. The highest BCUT2D eigenvalue weighted by Gasteiger charge is 2.40. The van der Waals surface area contributed by atoms with E-state index in [9.17, 15) is 18.0 Å². The maximum Gasteiger partial charge on any atom is 0.338 e. The van der Waals surface area contributed by atoms with Crippen molar-refractivity contribution < 1.29 is 22.7 Å². The van der Waals surface area contributed by atoms with Gasteiger partial charge in [-0.05, 0) is 57.5 Å². The van der Waals surface area contributed by atoms with Gasteiger partial charge >= 0.3 is 12.0 Å². The molecule has 210 valence electrons. The number of hydrogen-bond acceptors (Lipinski definition) is 6. The highest BCUT2D eigenvalue weighted by atomic mass is 35.5. The van der Waals surface area contributed by atoms with Gasteiger partial charge in [0.2, 0.25) is 10.0 Å². The summed E-state index contributed by atoms with van der Waals surface area (Å²) in [5, 5.41) is 3.46. The number of nitrogens with one attached hydrogen (secondary N) is 1. The molecule has 2 aliphatic rings. The van der Waals surface area contributed by atoms with E-state index in [1.807, 2.05) is 45.0 Å². The van der Waals surface area contributed by atoms with Gasteiger partial charge in [-0.15, -0.1) is 0 Å². The topological polar surface area (TPSA) is 99.3 Å². The predicted molar refractivity (Wildman–Crippen MR) is 150 cm³/mol. The van der Waals surface area contributed by atoms with Gasteiger partial charge < -0.3 is 10.1 Å². The molecule has 2 atom stereocenters. The summed E-state index contributed by atoms with van der Waals surface area (Å²) in [6.45, 7) is 9.44. The van der Waals surface area contributed by atoms with E-state index in [4.69, 9.17) is 16.3 Å². The molecule has 39 heavy (non-hydrogen) atoms. The van der Waals surface area contributed by atoms with E-state index < -0.39 is 22.0 Å². The van der Waals surface area contributed by atoms with E-state index in [0.717, 1.165) is 11.1 Å². The SMILES string of the molecule is CCOC(=O)C1=C(CN2CCN(S(=O)(=O)c3ccc(Cl)cc3)C(C)C2)N(CC)C(=O)NC1c1cccc(C)c1. The van der Waals surface area contributed by atoms with E-state index in [2.05, 4.69) is 10.2 Å². The second-order valence-corrected chi connectivity index (χ2v) is 12.1. The number of rotatable bonds is 8. The lowest BCUT2D eigenvalue weighted by molar-refractivity contribution is -0.139. The zero-order valence-corrected chi connectivity index (χ0v) is 24.3. The number of hydrogen-bond donors (Lipinski definition) is 1. The maximum absolute atomic E-state index is 13.3. The van der Waals surface area contributed by atoms with Crippen LogP contribution in [0.25, 0.3) is 0 Å². The molecular weight excluding hydrogens is 540 g/mol. The molecule has 9 nitrogen and oxygen atoms in total. The minimum absolute atomic E-state index is 0.196. The number of halogens is 1. The Labute approximate surface area is 235 Å². The van der Waals surface area contributed by atoms with Crippen LogP contribution in [0, 0.1) is 6.92 Å². The first-order chi connectivity index (χ1) is 18.6. The van der Waals surface area contributed by atoms with Crippen LogP contribution in [0.2, 0.25) is 5.02 Å². The summed E-state index contributed by atoms with van der Waals surface area (Å²) in [6, 6.07) is 12.6. The standard InChI is InChI=1S/C28H35ClN4O5S/c1-5-32-24(25(27(34)38-6-2)26(30-28(32)35)21-9-7-8-19(3)16-21)18-31-14-15-33(20(4)17-31)39(36,37)23-12-10-22(29)11-13-23/h7-13,16,20,26H,5-6,14-15,17-18H2,1-4H3,(H,30,35).